The van der Waals surface area contributed by atoms with E-state index in [1.165, 1.54) is 6.07 Å². The molecule has 0 fully saturated rings. The van der Waals surface area contributed by atoms with E-state index in [2.05, 4.69) is 26.1 Å². The topological polar surface area (TPSA) is 42.9 Å². The van der Waals surface area contributed by atoms with Gasteiger partial charge in [0.15, 0.2) is 5.78 Å². The van der Waals surface area contributed by atoms with Gasteiger partial charge in [-0.05, 0) is 47.5 Å². The number of nitrogens with zero attached hydrogens (tertiary/aromatic N) is 2. The number of hydrogen-bond acceptors (Lipinski definition) is 3. The zero-order valence-electron chi connectivity index (χ0n) is 10.6. The summed E-state index contributed by atoms with van der Waals surface area (Å²) in [5, 5.41) is 7.91. The van der Waals surface area contributed by atoms with Crippen molar-refractivity contribution in [1.29, 1.82) is 0 Å². The van der Waals surface area contributed by atoms with Crippen molar-refractivity contribution in [2.75, 3.05) is 0 Å². The molecule has 5 heteroatoms. The van der Waals surface area contributed by atoms with Gasteiger partial charge in [0.25, 0.3) is 0 Å². The fourth-order valence-corrected chi connectivity index (χ4v) is 2.16. The standard InChI is InChI=1S/C14H12BrFN2O/c1-3-12-10(7-8(2)17-18-12)14(19)9-5-4-6-11(15)13(9)16/h4-7H,3H2,1-2H3. The second kappa shape index (κ2) is 5.57. The summed E-state index contributed by atoms with van der Waals surface area (Å²) in [5.74, 6) is -0.919. The van der Waals surface area contributed by atoms with Crippen LogP contribution in [-0.4, -0.2) is 16.0 Å². The highest BCUT2D eigenvalue weighted by atomic mass is 79.9. The minimum Gasteiger partial charge on any atom is -0.288 e. The van der Waals surface area contributed by atoms with Crippen LogP contribution in [-0.2, 0) is 6.42 Å². The van der Waals surface area contributed by atoms with Crippen LogP contribution in [0, 0.1) is 12.7 Å². The molecular weight excluding hydrogens is 311 g/mol. The molecule has 19 heavy (non-hydrogen) atoms. The molecule has 0 bridgehead atoms. The minimum atomic E-state index is -0.552. The van der Waals surface area contributed by atoms with Crippen LogP contribution in [0.2, 0.25) is 0 Å². The summed E-state index contributed by atoms with van der Waals surface area (Å²) < 4.78 is 14.2. The molecule has 0 saturated heterocycles. The Kier molecular flexibility index (Phi) is 4.04. The molecular formula is C14H12BrFN2O. The average molecular weight is 323 g/mol. The van der Waals surface area contributed by atoms with E-state index in [0.29, 0.717) is 23.4 Å². The number of halogens is 2. The van der Waals surface area contributed by atoms with Crippen LogP contribution in [0.5, 0.6) is 0 Å². The lowest BCUT2D eigenvalue weighted by atomic mass is 10.0. The van der Waals surface area contributed by atoms with Crippen molar-refractivity contribution in [2.24, 2.45) is 0 Å². The molecule has 3 nitrogen and oxygen atoms in total. The molecule has 2 rings (SSSR count). The maximum absolute atomic E-state index is 14.0. The van der Waals surface area contributed by atoms with Gasteiger partial charge in [-0.3, -0.25) is 4.79 Å². The predicted molar refractivity (Wildman–Crippen MR) is 73.7 cm³/mol. The third-order valence-corrected chi connectivity index (χ3v) is 3.38. The van der Waals surface area contributed by atoms with Crippen molar-refractivity contribution >= 4 is 21.7 Å². The van der Waals surface area contributed by atoms with E-state index in [1.807, 2.05) is 6.92 Å². The molecule has 1 aromatic heterocycles. The van der Waals surface area contributed by atoms with Crippen molar-refractivity contribution in [2.45, 2.75) is 20.3 Å². The van der Waals surface area contributed by atoms with E-state index >= 15 is 0 Å². The van der Waals surface area contributed by atoms with Crippen LogP contribution >= 0.6 is 15.9 Å². The van der Waals surface area contributed by atoms with Gasteiger partial charge >= 0.3 is 0 Å². The molecule has 0 aliphatic carbocycles. The van der Waals surface area contributed by atoms with E-state index in [9.17, 15) is 9.18 Å². The Labute approximate surface area is 119 Å². The smallest absolute Gasteiger partial charge is 0.197 e. The van der Waals surface area contributed by atoms with E-state index in [0.717, 1.165) is 0 Å². The molecule has 0 N–H and O–H groups in total. The molecule has 0 atom stereocenters. The molecule has 0 amide bonds. The molecule has 2 aromatic rings. The van der Waals surface area contributed by atoms with Gasteiger partial charge in [-0.2, -0.15) is 10.2 Å². The molecule has 0 aliphatic rings. The normalized spacial score (nSPS) is 10.5. The molecule has 0 radical (unpaired) electrons. The fourth-order valence-electron chi connectivity index (χ4n) is 1.80. The third kappa shape index (κ3) is 2.71. The predicted octanol–water partition coefficient (Wildman–Crippen LogP) is 3.48. The Balaban J connectivity index is 2.56. The van der Waals surface area contributed by atoms with Crippen molar-refractivity contribution in [3.8, 4) is 0 Å². The first-order valence-electron chi connectivity index (χ1n) is 5.86. The Morgan fingerprint density at radius 2 is 2.05 bits per heavy atom. The van der Waals surface area contributed by atoms with Crippen LogP contribution in [0.25, 0.3) is 0 Å². The van der Waals surface area contributed by atoms with Crippen molar-refractivity contribution in [1.82, 2.24) is 10.2 Å². The van der Waals surface area contributed by atoms with Crippen molar-refractivity contribution in [3.63, 3.8) is 0 Å². The second-order valence-electron chi connectivity index (χ2n) is 4.13. The van der Waals surface area contributed by atoms with E-state index < -0.39 is 5.82 Å². The van der Waals surface area contributed by atoms with Crippen LogP contribution in [0.4, 0.5) is 4.39 Å². The van der Waals surface area contributed by atoms with Gasteiger partial charge in [0.1, 0.15) is 5.82 Å². The summed E-state index contributed by atoms with van der Waals surface area (Å²) >= 11 is 3.08. The number of aromatic nitrogens is 2. The molecule has 0 saturated carbocycles. The number of benzene rings is 1. The van der Waals surface area contributed by atoms with Crippen LogP contribution in [0.15, 0.2) is 28.7 Å². The Morgan fingerprint density at radius 3 is 2.74 bits per heavy atom. The second-order valence-corrected chi connectivity index (χ2v) is 4.98. The minimum absolute atomic E-state index is 0.0384. The van der Waals surface area contributed by atoms with Gasteiger partial charge in [-0.25, -0.2) is 4.39 Å². The average Bonchev–Trinajstić information content (AvgIpc) is 2.41. The number of ketones is 1. The zero-order valence-corrected chi connectivity index (χ0v) is 12.2. The molecule has 0 unspecified atom stereocenters. The van der Waals surface area contributed by atoms with Gasteiger partial charge in [-0.15, -0.1) is 0 Å². The molecule has 0 aliphatic heterocycles. The highest BCUT2D eigenvalue weighted by molar-refractivity contribution is 9.10. The van der Waals surface area contributed by atoms with Crippen molar-refractivity contribution in [3.05, 3.63) is 57.1 Å². The number of hydrogen-bond donors (Lipinski definition) is 0. The Bertz CT molecular complexity index is 643. The highest BCUT2D eigenvalue weighted by Crippen LogP contribution is 2.22. The Hall–Kier alpha value is -1.62. The highest BCUT2D eigenvalue weighted by Gasteiger charge is 2.19. The lowest BCUT2D eigenvalue weighted by Gasteiger charge is -2.08. The first-order valence-corrected chi connectivity index (χ1v) is 6.65. The SMILES string of the molecule is CCc1nnc(C)cc1C(=O)c1cccc(Br)c1F. The maximum atomic E-state index is 14.0. The number of aryl methyl sites for hydroxylation is 2. The number of rotatable bonds is 3. The maximum Gasteiger partial charge on any atom is 0.197 e. The number of carbonyl (C=O) groups is 1. The number of carbonyl (C=O) groups excluding carboxylic acids is 1. The quantitative estimate of drug-likeness (QED) is 0.812. The molecule has 0 spiro atoms. The fraction of sp³-hybridized carbons (Fsp3) is 0.214. The summed E-state index contributed by atoms with van der Waals surface area (Å²) in [4.78, 5) is 12.4. The lowest BCUT2D eigenvalue weighted by Crippen LogP contribution is -2.11. The van der Waals surface area contributed by atoms with Gasteiger partial charge < -0.3 is 0 Å². The zero-order chi connectivity index (χ0) is 14.0. The van der Waals surface area contributed by atoms with E-state index in [-0.39, 0.29) is 15.8 Å². The van der Waals surface area contributed by atoms with Gasteiger partial charge in [-0.1, -0.05) is 13.0 Å². The summed E-state index contributed by atoms with van der Waals surface area (Å²) in [7, 11) is 0. The Morgan fingerprint density at radius 1 is 1.32 bits per heavy atom. The van der Waals surface area contributed by atoms with E-state index in [1.54, 1.807) is 25.1 Å². The first-order chi connectivity index (χ1) is 9.04. The molecule has 98 valence electrons. The third-order valence-electron chi connectivity index (χ3n) is 2.77. The molecule has 1 aromatic carbocycles. The van der Waals surface area contributed by atoms with Gasteiger partial charge in [0.05, 0.1) is 21.4 Å². The van der Waals surface area contributed by atoms with Crippen LogP contribution < -0.4 is 0 Å². The van der Waals surface area contributed by atoms with Gasteiger partial charge in [0, 0.05) is 5.56 Å². The monoisotopic (exact) mass is 322 g/mol. The van der Waals surface area contributed by atoms with Crippen molar-refractivity contribution < 1.29 is 9.18 Å². The first kappa shape index (κ1) is 13.8. The summed E-state index contributed by atoms with van der Waals surface area (Å²) in [6.07, 6.45) is 0.573. The van der Waals surface area contributed by atoms with Crippen LogP contribution in [0.3, 0.4) is 0 Å². The van der Waals surface area contributed by atoms with Crippen LogP contribution in [0.1, 0.15) is 34.2 Å². The van der Waals surface area contributed by atoms with E-state index in [4.69, 9.17) is 0 Å². The lowest BCUT2D eigenvalue weighted by molar-refractivity contribution is 0.103. The molecule has 1 heterocycles. The summed E-state index contributed by atoms with van der Waals surface area (Å²) in [5.41, 5.74) is 1.66. The summed E-state index contributed by atoms with van der Waals surface area (Å²) in [6.45, 7) is 3.63. The largest absolute Gasteiger partial charge is 0.288 e. The van der Waals surface area contributed by atoms with Gasteiger partial charge in [0.2, 0.25) is 0 Å². The summed E-state index contributed by atoms with van der Waals surface area (Å²) in [6, 6.07) is 6.31.